The normalized spacial score (nSPS) is 25.3. The number of anilines is 1. The number of nitrogens with two attached hydrogens (primary N) is 1. The monoisotopic (exact) mass is 292 g/mol. The number of benzene rings is 1. The van der Waals surface area contributed by atoms with Crippen LogP contribution in [0.25, 0.3) is 0 Å². The zero-order valence-electron chi connectivity index (χ0n) is 11.9. The van der Waals surface area contributed by atoms with Crippen LogP contribution in [-0.2, 0) is 4.79 Å². The third-order valence-electron chi connectivity index (χ3n) is 3.97. The van der Waals surface area contributed by atoms with Crippen molar-refractivity contribution in [1.29, 1.82) is 0 Å². The molecule has 0 radical (unpaired) electrons. The number of aromatic carboxylic acids is 1. The van der Waals surface area contributed by atoms with Gasteiger partial charge >= 0.3 is 5.97 Å². The van der Waals surface area contributed by atoms with Crippen LogP contribution in [-0.4, -0.2) is 27.6 Å². The Kier molecular flexibility index (Phi) is 4.18. The molecule has 2 atom stereocenters. The molecule has 1 fully saturated rings. The molecule has 1 aromatic carbocycles. The second kappa shape index (κ2) is 5.73. The minimum Gasteiger partial charge on any atom is -0.507 e. The number of amides is 1. The Morgan fingerprint density at radius 3 is 2.76 bits per heavy atom. The van der Waals surface area contributed by atoms with Crippen LogP contribution in [0.15, 0.2) is 18.2 Å². The first kappa shape index (κ1) is 15.3. The number of aromatic hydroxyl groups is 1. The van der Waals surface area contributed by atoms with Crippen LogP contribution in [0.5, 0.6) is 5.75 Å². The first-order valence-electron chi connectivity index (χ1n) is 6.98. The maximum atomic E-state index is 12.4. The second-order valence-corrected chi connectivity index (χ2v) is 5.85. The molecule has 114 valence electrons. The second-order valence-electron chi connectivity index (χ2n) is 5.85. The van der Waals surface area contributed by atoms with Gasteiger partial charge in [0.15, 0.2) is 0 Å². The molecule has 0 bridgehead atoms. The third-order valence-corrected chi connectivity index (χ3v) is 3.97. The van der Waals surface area contributed by atoms with Crippen LogP contribution in [0.1, 0.15) is 43.0 Å². The van der Waals surface area contributed by atoms with E-state index in [2.05, 4.69) is 12.2 Å². The van der Waals surface area contributed by atoms with E-state index in [0.717, 1.165) is 12.8 Å². The molecule has 0 heterocycles. The van der Waals surface area contributed by atoms with Gasteiger partial charge in [-0.1, -0.05) is 19.8 Å². The van der Waals surface area contributed by atoms with E-state index < -0.39 is 11.5 Å². The molecule has 21 heavy (non-hydrogen) atoms. The molecule has 0 aliphatic heterocycles. The highest BCUT2D eigenvalue weighted by Crippen LogP contribution is 2.31. The summed E-state index contributed by atoms with van der Waals surface area (Å²) >= 11 is 0. The topological polar surface area (TPSA) is 113 Å². The lowest BCUT2D eigenvalue weighted by Gasteiger charge is -2.35. The van der Waals surface area contributed by atoms with Crippen molar-refractivity contribution in [1.82, 2.24) is 0 Å². The highest BCUT2D eigenvalue weighted by atomic mass is 16.4. The Morgan fingerprint density at radius 2 is 2.14 bits per heavy atom. The highest BCUT2D eigenvalue weighted by Gasteiger charge is 2.38. The number of carboxylic acid groups (broad SMARTS) is 1. The maximum absolute atomic E-state index is 12.4. The van der Waals surface area contributed by atoms with Crippen molar-refractivity contribution in [3.8, 4) is 5.75 Å². The Hall–Kier alpha value is -2.08. The number of carbonyl (C=O) groups is 2. The molecule has 2 unspecified atom stereocenters. The fourth-order valence-corrected chi connectivity index (χ4v) is 2.84. The average Bonchev–Trinajstić information content (AvgIpc) is 2.40. The summed E-state index contributed by atoms with van der Waals surface area (Å²) in [7, 11) is 0. The quantitative estimate of drug-likeness (QED) is 0.636. The van der Waals surface area contributed by atoms with E-state index in [4.69, 9.17) is 10.8 Å². The molecule has 1 amide bonds. The van der Waals surface area contributed by atoms with Crippen molar-refractivity contribution < 1.29 is 19.8 Å². The van der Waals surface area contributed by atoms with Crippen LogP contribution < -0.4 is 11.1 Å². The summed E-state index contributed by atoms with van der Waals surface area (Å²) in [4.78, 5) is 23.3. The van der Waals surface area contributed by atoms with E-state index >= 15 is 0 Å². The van der Waals surface area contributed by atoms with Crippen LogP contribution >= 0.6 is 0 Å². The predicted octanol–water partition coefficient (Wildman–Crippen LogP) is 1.94. The number of rotatable bonds is 3. The summed E-state index contributed by atoms with van der Waals surface area (Å²) in [5.74, 6) is -1.51. The molecular formula is C15H20N2O4. The van der Waals surface area contributed by atoms with Gasteiger partial charge < -0.3 is 21.3 Å². The van der Waals surface area contributed by atoms with Gasteiger partial charge in [0.2, 0.25) is 5.91 Å². The van der Waals surface area contributed by atoms with Gasteiger partial charge in [-0.25, -0.2) is 4.79 Å². The van der Waals surface area contributed by atoms with Gasteiger partial charge in [0.05, 0.1) is 5.54 Å². The average molecular weight is 292 g/mol. The Labute approximate surface area is 123 Å². The van der Waals surface area contributed by atoms with Gasteiger partial charge in [-0.2, -0.15) is 0 Å². The summed E-state index contributed by atoms with van der Waals surface area (Å²) < 4.78 is 0. The lowest BCUT2D eigenvalue weighted by molar-refractivity contribution is -0.122. The van der Waals surface area contributed by atoms with Crippen molar-refractivity contribution in [3.05, 3.63) is 23.8 Å². The number of hydrogen-bond acceptors (Lipinski definition) is 4. The number of carboxylic acids is 1. The Bertz CT molecular complexity index is 573. The zero-order chi connectivity index (χ0) is 15.6. The Balaban J connectivity index is 2.16. The van der Waals surface area contributed by atoms with Gasteiger partial charge in [0, 0.05) is 5.69 Å². The maximum Gasteiger partial charge on any atom is 0.339 e. The largest absolute Gasteiger partial charge is 0.507 e. The lowest BCUT2D eigenvalue weighted by Crippen LogP contribution is -2.53. The van der Waals surface area contributed by atoms with Crippen LogP contribution in [0.2, 0.25) is 0 Å². The van der Waals surface area contributed by atoms with E-state index in [0.29, 0.717) is 24.4 Å². The standard InChI is InChI=1S/C15H20N2O4/c1-9-3-2-6-15(16,8-9)14(21)17-10-4-5-12(18)11(7-10)13(19)20/h4-5,7,9,18H,2-3,6,8,16H2,1H3,(H,17,21)(H,19,20). The number of nitrogens with one attached hydrogen (secondary N) is 1. The van der Waals surface area contributed by atoms with E-state index in [-0.39, 0.29) is 17.2 Å². The minimum absolute atomic E-state index is 0.254. The molecule has 5 N–H and O–H groups in total. The van der Waals surface area contributed by atoms with Crippen molar-refractivity contribution in [2.45, 2.75) is 38.1 Å². The first-order chi connectivity index (χ1) is 9.82. The summed E-state index contributed by atoms with van der Waals surface area (Å²) in [6.07, 6.45) is 3.20. The molecule has 6 nitrogen and oxygen atoms in total. The molecule has 2 rings (SSSR count). The fraction of sp³-hybridized carbons (Fsp3) is 0.467. The molecule has 0 aromatic heterocycles. The van der Waals surface area contributed by atoms with Gasteiger partial charge in [0.1, 0.15) is 11.3 Å². The minimum atomic E-state index is -1.25. The van der Waals surface area contributed by atoms with Gasteiger partial charge in [-0.05, 0) is 37.0 Å². The van der Waals surface area contributed by atoms with E-state index in [1.807, 2.05) is 0 Å². The molecule has 1 saturated carbocycles. The molecule has 1 aliphatic rings. The van der Waals surface area contributed by atoms with E-state index in [1.54, 1.807) is 0 Å². The Morgan fingerprint density at radius 1 is 1.43 bits per heavy atom. The number of hydrogen-bond donors (Lipinski definition) is 4. The molecule has 1 aromatic rings. The molecule has 0 saturated heterocycles. The molecular weight excluding hydrogens is 272 g/mol. The van der Waals surface area contributed by atoms with Crippen molar-refractivity contribution >= 4 is 17.6 Å². The zero-order valence-corrected chi connectivity index (χ0v) is 11.9. The molecule has 1 aliphatic carbocycles. The number of carbonyl (C=O) groups excluding carboxylic acids is 1. The summed E-state index contributed by atoms with van der Waals surface area (Å²) in [6, 6.07) is 3.92. The predicted molar refractivity (Wildman–Crippen MR) is 78.2 cm³/mol. The van der Waals surface area contributed by atoms with Gasteiger partial charge in [-0.3, -0.25) is 4.79 Å². The third kappa shape index (κ3) is 3.33. The van der Waals surface area contributed by atoms with Crippen LogP contribution in [0, 0.1) is 5.92 Å². The highest BCUT2D eigenvalue weighted by molar-refractivity contribution is 5.99. The molecule has 0 spiro atoms. The lowest BCUT2D eigenvalue weighted by atomic mass is 9.76. The van der Waals surface area contributed by atoms with Crippen LogP contribution in [0.3, 0.4) is 0 Å². The smallest absolute Gasteiger partial charge is 0.339 e. The summed E-state index contributed by atoms with van der Waals surface area (Å²) in [5.41, 5.74) is 5.34. The first-order valence-corrected chi connectivity index (χ1v) is 6.98. The van der Waals surface area contributed by atoms with Crippen LogP contribution in [0.4, 0.5) is 5.69 Å². The molecule has 6 heteroatoms. The van der Waals surface area contributed by atoms with Gasteiger partial charge in [0.25, 0.3) is 0 Å². The van der Waals surface area contributed by atoms with Crippen molar-refractivity contribution in [2.24, 2.45) is 11.7 Å². The van der Waals surface area contributed by atoms with E-state index in [1.165, 1.54) is 18.2 Å². The fourth-order valence-electron chi connectivity index (χ4n) is 2.84. The van der Waals surface area contributed by atoms with Crippen molar-refractivity contribution in [3.63, 3.8) is 0 Å². The van der Waals surface area contributed by atoms with Crippen molar-refractivity contribution in [2.75, 3.05) is 5.32 Å². The summed E-state index contributed by atoms with van der Waals surface area (Å²) in [5, 5.41) is 21.1. The van der Waals surface area contributed by atoms with Gasteiger partial charge in [-0.15, -0.1) is 0 Å². The summed E-state index contributed by atoms with van der Waals surface area (Å²) in [6.45, 7) is 2.07. The van der Waals surface area contributed by atoms with E-state index in [9.17, 15) is 14.7 Å². The number of phenols is 1. The SMILES string of the molecule is CC1CCCC(N)(C(=O)Nc2ccc(O)c(C(=O)O)c2)C1.